The minimum Gasteiger partial charge on any atom is -0.495 e. The van der Waals surface area contributed by atoms with Gasteiger partial charge < -0.3 is 10.1 Å². The third-order valence-electron chi connectivity index (χ3n) is 4.18. The maximum atomic E-state index is 6.26. The first-order chi connectivity index (χ1) is 13.0. The van der Waals surface area contributed by atoms with Gasteiger partial charge in [-0.3, -0.25) is 0 Å². The third-order valence-corrected chi connectivity index (χ3v) is 4.47. The lowest BCUT2D eigenvalue weighted by Gasteiger charge is -2.13. The first-order valence-electron chi connectivity index (χ1n) is 8.46. The Labute approximate surface area is 161 Å². The van der Waals surface area contributed by atoms with Gasteiger partial charge >= 0.3 is 0 Å². The van der Waals surface area contributed by atoms with Crippen LogP contribution in [0.3, 0.4) is 0 Å². The lowest BCUT2D eigenvalue weighted by molar-refractivity contribution is 0.415. The van der Waals surface area contributed by atoms with Crippen molar-refractivity contribution in [2.75, 3.05) is 12.4 Å². The Balaban J connectivity index is 1.86. The number of aromatic nitrogens is 4. The predicted octanol–water partition coefficient (Wildman–Crippen LogP) is 4.84. The van der Waals surface area contributed by atoms with Crippen LogP contribution in [0.15, 0.2) is 48.5 Å². The van der Waals surface area contributed by atoms with Gasteiger partial charge in [0.2, 0.25) is 0 Å². The number of para-hydroxylation sites is 2. The summed E-state index contributed by atoms with van der Waals surface area (Å²) in [5, 5.41) is 8.40. The zero-order valence-corrected chi connectivity index (χ0v) is 15.9. The second kappa shape index (κ2) is 6.89. The van der Waals surface area contributed by atoms with Crippen LogP contribution in [0.5, 0.6) is 5.75 Å². The molecule has 0 saturated heterocycles. The first-order valence-corrected chi connectivity index (χ1v) is 8.84. The number of rotatable bonds is 4. The van der Waals surface area contributed by atoms with Crippen LogP contribution in [0.2, 0.25) is 5.02 Å². The zero-order valence-electron chi connectivity index (χ0n) is 15.2. The molecule has 1 N–H and O–H groups in total. The molecule has 0 bridgehead atoms. The van der Waals surface area contributed by atoms with Gasteiger partial charge in [0.25, 0.3) is 0 Å². The summed E-state index contributed by atoms with van der Waals surface area (Å²) in [4.78, 5) is 9.55. The molecule has 0 radical (unpaired) electrons. The van der Waals surface area contributed by atoms with Crippen LogP contribution in [-0.4, -0.2) is 26.9 Å². The number of ether oxygens (including phenoxy) is 1. The summed E-state index contributed by atoms with van der Waals surface area (Å²) < 4.78 is 7.01. The van der Waals surface area contributed by atoms with Crippen LogP contribution in [0, 0.1) is 13.8 Å². The highest BCUT2D eigenvalue weighted by molar-refractivity contribution is 6.32. The normalized spacial score (nSPS) is 11.0. The first kappa shape index (κ1) is 17.3. The smallest absolute Gasteiger partial charge is 0.197 e. The number of methoxy groups -OCH3 is 1. The molecule has 0 unspecified atom stereocenters. The quantitative estimate of drug-likeness (QED) is 0.549. The monoisotopic (exact) mass is 379 g/mol. The highest BCUT2D eigenvalue weighted by atomic mass is 35.5. The number of fused-ring (bicyclic) bond motifs is 1. The maximum absolute atomic E-state index is 6.26. The van der Waals surface area contributed by atoms with Crippen molar-refractivity contribution < 1.29 is 4.74 Å². The molecule has 0 aliphatic carbocycles. The average Bonchev–Trinajstić information content (AvgIpc) is 2.99. The van der Waals surface area contributed by atoms with Crippen molar-refractivity contribution >= 4 is 34.1 Å². The maximum Gasteiger partial charge on any atom is 0.197 e. The fourth-order valence-corrected chi connectivity index (χ4v) is 3.20. The van der Waals surface area contributed by atoms with E-state index in [9.17, 15) is 0 Å². The molecule has 4 aromatic rings. The standard InChI is InChI=1S/C20H18ClN5O/c1-12-10-13(2)26(25-12)20-19(23-16-6-4-5-7-17(16)24-20)22-14-8-9-18(27-3)15(21)11-14/h4-11H,1-3H3,(H,22,23). The van der Waals surface area contributed by atoms with Crippen molar-refractivity contribution in [3.63, 3.8) is 0 Å². The van der Waals surface area contributed by atoms with E-state index in [2.05, 4.69) is 10.4 Å². The molecule has 0 saturated carbocycles. The Kier molecular flexibility index (Phi) is 4.41. The van der Waals surface area contributed by atoms with E-state index in [4.69, 9.17) is 26.3 Å². The number of anilines is 2. The molecule has 2 aromatic carbocycles. The van der Waals surface area contributed by atoms with E-state index in [1.54, 1.807) is 17.9 Å². The molecule has 6 nitrogen and oxygen atoms in total. The Morgan fingerprint density at radius 2 is 1.74 bits per heavy atom. The Morgan fingerprint density at radius 3 is 2.37 bits per heavy atom. The molecule has 0 aliphatic heterocycles. The minimum atomic E-state index is 0.518. The average molecular weight is 380 g/mol. The summed E-state index contributed by atoms with van der Waals surface area (Å²) in [6.45, 7) is 3.94. The highest BCUT2D eigenvalue weighted by Crippen LogP contribution is 2.30. The molecule has 0 atom stereocenters. The predicted molar refractivity (Wildman–Crippen MR) is 107 cm³/mol. The van der Waals surface area contributed by atoms with Crippen LogP contribution in [-0.2, 0) is 0 Å². The molecule has 0 aliphatic rings. The number of aryl methyl sites for hydroxylation is 2. The van der Waals surface area contributed by atoms with Crippen LogP contribution in [0.25, 0.3) is 16.9 Å². The molecule has 136 valence electrons. The largest absolute Gasteiger partial charge is 0.495 e. The zero-order chi connectivity index (χ0) is 19.0. The van der Waals surface area contributed by atoms with E-state index in [1.165, 1.54) is 0 Å². The van der Waals surface area contributed by atoms with Gasteiger partial charge in [0.15, 0.2) is 11.6 Å². The second-order valence-electron chi connectivity index (χ2n) is 6.20. The van der Waals surface area contributed by atoms with E-state index >= 15 is 0 Å². The van der Waals surface area contributed by atoms with Gasteiger partial charge in [-0.05, 0) is 50.2 Å². The lowest BCUT2D eigenvalue weighted by atomic mass is 10.3. The number of hydrogen-bond acceptors (Lipinski definition) is 5. The molecule has 0 spiro atoms. The number of hydrogen-bond donors (Lipinski definition) is 1. The summed E-state index contributed by atoms with van der Waals surface area (Å²) in [5.74, 6) is 1.85. The van der Waals surface area contributed by atoms with Gasteiger partial charge in [-0.1, -0.05) is 23.7 Å². The Bertz CT molecular complexity index is 1140. The molecular formula is C20H18ClN5O. The van der Waals surface area contributed by atoms with E-state index in [0.717, 1.165) is 28.1 Å². The Hall–Kier alpha value is -3.12. The van der Waals surface area contributed by atoms with E-state index in [1.807, 2.05) is 56.3 Å². The van der Waals surface area contributed by atoms with Crippen molar-refractivity contribution in [1.82, 2.24) is 19.7 Å². The van der Waals surface area contributed by atoms with Gasteiger partial charge in [0, 0.05) is 11.4 Å². The van der Waals surface area contributed by atoms with E-state index in [-0.39, 0.29) is 0 Å². The van der Waals surface area contributed by atoms with Gasteiger partial charge in [-0.2, -0.15) is 5.10 Å². The number of nitrogens with zero attached hydrogens (tertiary/aromatic N) is 4. The molecule has 0 amide bonds. The van der Waals surface area contributed by atoms with Crippen molar-refractivity contribution in [1.29, 1.82) is 0 Å². The molecule has 7 heteroatoms. The topological polar surface area (TPSA) is 64.9 Å². The van der Waals surface area contributed by atoms with Crippen molar-refractivity contribution in [3.8, 4) is 11.6 Å². The van der Waals surface area contributed by atoms with Crippen molar-refractivity contribution in [2.24, 2.45) is 0 Å². The molecule has 2 heterocycles. The highest BCUT2D eigenvalue weighted by Gasteiger charge is 2.15. The van der Waals surface area contributed by atoms with Crippen LogP contribution in [0.1, 0.15) is 11.4 Å². The number of nitrogens with one attached hydrogen (secondary N) is 1. The summed E-state index contributed by atoms with van der Waals surface area (Å²) in [7, 11) is 1.59. The molecule has 27 heavy (non-hydrogen) atoms. The fourth-order valence-electron chi connectivity index (χ4n) is 2.95. The molecule has 0 fully saturated rings. The second-order valence-corrected chi connectivity index (χ2v) is 6.60. The van der Waals surface area contributed by atoms with E-state index in [0.29, 0.717) is 22.4 Å². The number of benzene rings is 2. The molecule has 4 rings (SSSR count). The lowest BCUT2D eigenvalue weighted by Crippen LogP contribution is -2.08. The van der Waals surface area contributed by atoms with E-state index < -0.39 is 0 Å². The van der Waals surface area contributed by atoms with Crippen LogP contribution in [0.4, 0.5) is 11.5 Å². The summed E-state index contributed by atoms with van der Waals surface area (Å²) >= 11 is 6.26. The SMILES string of the molecule is COc1ccc(Nc2nc3ccccc3nc2-n2nc(C)cc2C)cc1Cl. The minimum absolute atomic E-state index is 0.518. The molecular weight excluding hydrogens is 362 g/mol. The molecule has 2 aromatic heterocycles. The van der Waals surface area contributed by atoms with Gasteiger partial charge in [0.1, 0.15) is 5.75 Å². The van der Waals surface area contributed by atoms with Crippen LogP contribution < -0.4 is 10.1 Å². The Morgan fingerprint density at radius 1 is 1.00 bits per heavy atom. The summed E-state index contributed by atoms with van der Waals surface area (Å²) in [6.07, 6.45) is 0. The fraction of sp³-hybridized carbons (Fsp3) is 0.150. The van der Waals surface area contributed by atoms with Crippen molar-refractivity contribution in [3.05, 3.63) is 64.9 Å². The van der Waals surface area contributed by atoms with Gasteiger partial charge in [0.05, 0.1) is 28.9 Å². The third kappa shape index (κ3) is 3.31. The van der Waals surface area contributed by atoms with Gasteiger partial charge in [-0.25, -0.2) is 14.6 Å². The summed E-state index contributed by atoms with van der Waals surface area (Å²) in [6, 6.07) is 15.2. The number of halogens is 1. The van der Waals surface area contributed by atoms with Crippen LogP contribution >= 0.6 is 11.6 Å². The summed E-state index contributed by atoms with van der Waals surface area (Å²) in [5.41, 5.74) is 4.28. The van der Waals surface area contributed by atoms with Gasteiger partial charge in [-0.15, -0.1) is 0 Å². The van der Waals surface area contributed by atoms with Crippen molar-refractivity contribution in [2.45, 2.75) is 13.8 Å².